The van der Waals surface area contributed by atoms with Crippen LogP contribution in [0.4, 0.5) is 0 Å². The standard InChI is InChI=1S/C32H45NO2S2/c1-28(2,24-14-10-20-34-24)31(6,27-17-13-23-37-27)32(7,33-18-8-9-19-33)30(5,25-15-11-21-35-25)29(3,4)26-16-12-22-36-26/h8-9,11-12,15-16,18-19,21-22,24,27H,10,13-14,17,20,23H2,1-7H3. The Morgan fingerprint density at radius 2 is 1.65 bits per heavy atom. The van der Waals surface area contributed by atoms with Gasteiger partial charge < -0.3 is 13.7 Å². The number of aromatic nitrogens is 1. The van der Waals surface area contributed by atoms with Crippen LogP contribution in [0, 0.1) is 10.8 Å². The fraction of sp³-hybridized carbons (Fsp3) is 0.625. The lowest BCUT2D eigenvalue weighted by atomic mass is 9.41. The Balaban J connectivity index is 1.87. The largest absolute Gasteiger partial charge is 0.469 e. The molecule has 5 atom stereocenters. The van der Waals surface area contributed by atoms with E-state index in [1.807, 2.05) is 17.6 Å². The fourth-order valence-corrected chi connectivity index (χ4v) is 10.9. The number of nitrogens with zero attached hydrogens (tertiary/aromatic N) is 1. The van der Waals surface area contributed by atoms with Gasteiger partial charge in [0.1, 0.15) is 5.76 Å². The highest BCUT2D eigenvalue weighted by Crippen LogP contribution is 2.69. The molecule has 5 heteroatoms. The van der Waals surface area contributed by atoms with Crippen molar-refractivity contribution in [3.8, 4) is 0 Å². The highest BCUT2D eigenvalue weighted by atomic mass is 32.2. The molecule has 202 valence electrons. The Kier molecular flexibility index (Phi) is 7.07. The van der Waals surface area contributed by atoms with Gasteiger partial charge in [-0.25, -0.2) is 0 Å². The van der Waals surface area contributed by atoms with Crippen LogP contribution in [0.25, 0.3) is 0 Å². The molecule has 0 aliphatic carbocycles. The van der Waals surface area contributed by atoms with Crippen molar-refractivity contribution >= 4 is 23.1 Å². The predicted molar refractivity (Wildman–Crippen MR) is 158 cm³/mol. The van der Waals surface area contributed by atoms with Gasteiger partial charge in [-0.2, -0.15) is 11.8 Å². The molecule has 5 heterocycles. The van der Waals surface area contributed by atoms with E-state index in [9.17, 15) is 0 Å². The smallest absolute Gasteiger partial charge is 0.112 e. The summed E-state index contributed by atoms with van der Waals surface area (Å²) < 4.78 is 15.6. The molecule has 0 saturated carbocycles. The van der Waals surface area contributed by atoms with Gasteiger partial charge in [0.15, 0.2) is 0 Å². The molecule has 37 heavy (non-hydrogen) atoms. The third kappa shape index (κ3) is 3.70. The van der Waals surface area contributed by atoms with Crippen LogP contribution in [0.2, 0.25) is 0 Å². The van der Waals surface area contributed by atoms with E-state index >= 15 is 0 Å². The maximum atomic E-state index is 6.56. The second-order valence-corrected chi connectivity index (χ2v) is 15.1. The summed E-state index contributed by atoms with van der Waals surface area (Å²) in [6, 6.07) is 13.2. The first-order chi connectivity index (χ1) is 17.5. The molecular formula is C32H45NO2S2. The van der Waals surface area contributed by atoms with E-state index in [1.165, 1.54) is 23.5 Å². The van der Waals surface area contributed by atoms with Crippen LogP contribution in [0.1, 0.15) is 84.8 Å². The van der Waals surface area contributed by atoms with E-state index in [4.69, 9.17) is 9.15 Å². The van der Waals surface area contributed by atoms with Crippen molar-refractivity contribution in [2.75, 3.05) is 12.4 Å². The normalized spacial score (nSPS) is 26.0. The molecule has 2 saturated heterocycles. The highest BCUT2D eigenvalue weighted by molar-refractivity contribution is 8.00. The fourth-order valence-electron chi connectivity index (χ4n) is 8.15. The van der Waals surface area contributed by atoms with Crippen LogP contribution < -0.4 is 0 Å². The molecule has 5 unspecified atom stereocenters. The Bertz CT molecular complexity index is 1140. The molecule has 0 bridgehead atoms. The maximum absolute atomic E-state index is 6.56. The molecule has 0 amide bonds. The maximum Gasteiger partial charge on any atom is 0.112 e. The second-order valence-electron chi connectivity index (χ2n) is 12.8. The molecule has 2 fully saturated rings. The minimum absolute atomic E-state index is 0.0795. The molecule has 0 radical (unpaired) electrons. The van der Waals surface area contributed by atoms with E-state index in [0.717, 1.165) is 25.2 Å². The molecule has 3 aromatic rings. The van der Waals surface area contributed by atoms with E-state index in [1.54, 1.807) is 0 Å². The van der Waals surface area contributed by atoms with Crippen molar-refractivity contribution in [3.63, 3.8) is 0 Å². The number of hydrogen-bond donors (Lipinski definition) is 0. The van der Waals surface area contributed by atoms with Crippen molar-refractivity contribution in [1.29, 1.82) is 0 Å². The Labute approximate surface area is 232 Å². The van der Waals surface area contributed by atoms with E-state index in [0.29, 0.717) is 5.25 Å². The molecular weight excluding hydrogens is 494 g/mol. The SMILES string of the molecule is CC(C)(c1cccs1)C(C)(c1ccco1)C(C)(n1cccc1)C(C)(C1CCCS1)C(C)(C)C1CCCO1. The summed E-state index contributed by atoms with van der Waals surface area (Å²) in [5.74, 6) is 2.29. The van der Waals surface area contributed by atoms with Gasteiger partial charge >= 0.3 is 0 Å². The van der Waals surface area contributed by atoms with Crippen molar-refractivity contribution in [2.45, 2.75) is 102 Å². The molecule has 0 aromatic carbocycles. The summed E-state index contributed by atoms with van der Waals surface area (Å²) in [7, 11) is 0. The van der Waals surface area contributed by atoms with Gasteiger partial charge in [0, 0.05) is 40.0 Å². The van der Waals surface area contributed by atoms with Gasteiger partial charge in [-0.1, -0.05) is 40.7 Å². The highest BCUT2D eigenvalue weighted by Gasteiger charge is 2.71. The lowest BCUT2D eigenvalue weighted by molar-refractivity contribution is -0.153. The average molecular weight is 540 g/mol. The third-order valence-corrected chi connectivity index (χ3v) is 14.0. The minimum atomic E-state index is -0.388. The van der Waals surface area contributed by atoms with Crippen LogP contribution in [-0.4, -0.2) is 28.3 Å². The van der Waals surface area contributed by atoms with Crippen LogP contribution in [0.5, 0.6) is 0 Å². The van der Waals surface area contributed by atoms with Crippen molar-refractivity contribution in [2.24, 2.45) is 10.8 Å². The van der Waals surface area contributed by atoms with Crippen LogP contribution in [-0.2, 0) is 21.1 Å². The summed E-state index contributed by atoms with van der Waals surface area (Å²) in [6.45, 7) is 18.4. The lowest BCUT2D eigenvalue weighted by Gasteiger charge is -2.67. The first-order valence-electron chi connectivity index (χ1n) is 14.0. The summed E-state index contributed by atoms with van der Waals surface area (Å²) in [4.78, 5) is 1.39. The van der Waals surface area contributed by atoms with Crippen molar-refractivity contribution < 1.29 is 9.15 Å². The number of hydrogen-bond acceptors (Lipinski definition) is 4. The minimum Gasteiger partial charge on any atom is -0.469 e. The Morgan fingerprint density at radius 3 is 2.19 bits per heavy atom. The summed E-state index contributed by atoms with van der Waals surface area (Å²) >= 11 is 4.05. The predicted octanol–water partition coefficient (Wildman–Crippen LogP) is 8.90. The average Bonchev–Trinajstić information content (AvgIpc) is 3.74. The van der Waals surface area contributed by atoms with Crippen LogP contribution >= 0.6 is 23.1 Å². The zero-order chi connectivity index (χ0) is 26.5. The van der Waals surface area contributed by atoms with Gasteiger partial charge in [0.2, 0.25) is 0 Å². The van der Waals surface area contributed by atoms with Crippen molar-refractivity contribution in [1.82, 2.24) is 4.57 Å². The lowest BCUT2D eigenvalue weighted by Crippen LogP contribution is -2.72. The number of thiophene rings is 1. The van der Waals surface area contributed by atoms with Gasteiger partial charge in [0.25, 0.3) is 0 Å². The van der Waals surface area contributed by atoms with E-state index in [-0.39, 0.29) is 33.3 Å². The molecule has 3 nitrogen and oxygen atoms in total. The van der Waals surface area contributed by atoms with Gasteiger partial charge in [0.05, 0.1) is 23.3 Å². The number of rotatable bonds is 9. The number of furan rings is 1. The molecule has 0 spiro atoms. The first kappa shape index (κ1) is 27.1. The zero-order valence-electron chi connectivity index (χ0n) is 23.8. The van der Waals surface area contributed by atoms with Crippen LogP contribution in [0.15, 0.2) is 64.9 Å². The topological polar surface area (TPSA) is 27.3 Å². The number of thioether (sulfide) groups is 1. The van der Waals surface area contributed by atoms with E-state index in [2.05, 4.69) is 119 Å². The number of ether oxygens (including phenoxy) is 1. The quantitative estimate of drug-likeness (QED) is 0.272. The first-order valence-corrected chi connectivity index (χ1v) is 15.9. The van der Waals surface area contributed by atoms with Crippen molar-refractivity contribution in [3.05, 3.63) is 71.1 Å². The van der Waals surface area contributed by atoms with Crippen LogP contribution in [0.3, 0.4) is 0 Å². The van der Waals surface area contributed by atoms with Gasteiger partial charge in [-0.15, -0.1) is 11.3 Å². The molecule has 3 aromatic heterocycles. The van der Waals surface area contributed by atoms with Gasteiger partial charge in [-0.05, 0) is 86.4 Å². The van der Waals surface area contributed by atoms with Gasteiger partial charge in [-0.3, -0.25) is 0 Å². The summed E-state index contributed by atoms with van der Waals surface area (Å²) in [6.07, 6.45) is 11.5. The third-order valence-electron chi connectivity index (χ3n) is 11.2. The molecule has 2 aliphatic heterocycles. The monoisotopic (exact) mass is 539 g/mol. The van der Waals surface area contributed by atoms with E-state index < -0.39 is 0 Å². The molecule has 2 aliphatic rings. The molecule has 5 rings (SSSR count). The second kappa shape index (κ2) is 9.64. The Hall–Kier alpha value is -1.43. The zero-order valence-corrected chi connectivity index (χ0v) is 25.4. The summed E-state index contributed by atoms with van der Waals surface area (Å²) in [5.41, 5.74) is -1.17. The summed E-state index contributed by atoms with van der Waals surface area (Å²) in [5, 5.41) is 2.72. The Morgan fingerprint density at radius 1 is 0.892 bits per heavy atom. The molecule has 0 N–H and O–H groups in total.